The monoisotopic (exact) mass is 315 g/mol. The molecular formula is C18H25N3O2. The molecule has 124 valence electrons. The van der Waals surface area contributed by atoms with E-state index in [0.29, 0.717) is 18.0 Å². The predicted molar refractivity (Wildman–Crippen MR) is 89.2 cm³/mol. The standard InChI is InChI=1S/C18H25N3O2/c1-13-5-4-6-15(9-13)17(22)20-12-14-10-16(19-11-14)18(23)21-7-2-3-8-21/h4-6,9,14,16,19H,2-3,7-8,10-12H2,1H3,(H,20,22). The summed E-state index contributed by atoms with van der Waals surface area (Å²) in [6.45, 7) is 5.17. The highest BCUT2D eigenvalue weighted by molar-refractivity contribution is 5.94. The maximum Gasteiger partial charge on any atom is 0.251 e. The molecule has 2 unspecified atom stereocenters. The maximum absolute atomic E-state index is 12.4. The quantitative estimate of drug-likeness (QED) is 0.881. The largest absolute Gasteiger partial charge is 0.352 e. The zero-order valence-electron chi connectivity index (χ0n) is 13.7. The van der Waals surface area contributed by atoms with Gasteiger partial charge >= 0.3 is 0 Å². The Hall–Kier alpha value is -1.88. The van der Waals surface area contributed by atoms with Gasteiger partial charge in [0.1, 0.15) is 0 Å². The van der Waals surface area contributed by atoms with Crippen LogP contribution in [0.25, 0.3) is 0 Å². The molecule has 2 amide bonds. The summed E-state index contributed by atoms with van der Waals surface area (Å²) in [6.07, 6.45) is 3.05. The van der Waals surface area contributed by atoms with Crippen molar-refractivity contribution in [2.75, 3.05) is 26.2 Å². The van der Waals surface area contributed by atoms with Gasteiger partial charge in [0.25, 0.3) is 5.91 Å². The van der Waals surface area contributed by atoms with Gasteiger partial charge in [0.05, 0.1) is 6.04 Å². The summed E-state index contributed by atoms with van der Waals surface area (Å²) in [5.41, 5.74) is 1.78. The van der Waals surface area contributed by atoms with Crippen molar-refractivity contribution in [3.8, 4) is 0 Å². The molecule has 5 nitrogen and oxygen atoms in total. The van der Waals surface area contributed by atoms with Gasteiger partial charge < -0.3 is 15.5 Å². The molecule has 3 rings (SSSR count). The van der Waals surface area contributed by atoms with Gasteiger partial charge in [0.15, 0.2) is 0 Å². The Morgan fingerprint density at radius 1 is 1.30 bits per heavy atom. The lowest BCUT2D eigenvalue weighted by Gasteiger charge is -2.20. The highest BCUT2D eigenvalue weighted by Crippen LogP contribution is 2.18. The van der Waals surface area contributed by atoms with Crippen LogP contribution in [0, 0.1) is 12.8 Å². The average Bonchev–Trinajstić information content (AvgIpc) is 3.23. The summed E-state index contributed by atoms with van der Waals surface area (Å²) in [7, 11) is 0. The van der Waals surface area contributed by atoms with Crippen LogP contribution in [0.5, 0.6) is 0 Å². The first-order chi connectivity index (χ1) is 11.1. The molecule has 2 aliphatic rings. The molecule has 5 heteroatoms. The number of hydrogen-bond acceptors (Lipinski definition) is 3. The number of hydrogen-bond donors (Lipinski definition) is 2. The van der Waals surface area contributed by atoms with E-state index in [0.717, 1.165) is 44.5 Å². The topological polar surface area (TPSA) is 61.4 Å². The highest BCUT2D eigenvalue weighted by Gasteiger charge is 2.33. The molecule has 0 radical (unpaired) electrons. The number of nitrogens with one attached hydrogen (secondary N) is 2. The van der Waals surface area contributed by atoms with E-state index in [-0.39, 0.29) is 17.9 Å². The van der Waals surface area contributed by atoms with Crippen LogP contribution < -0.4 is 10.6 Å². The summed E-state index contributed by atoms with van der Waals surface area (Å²) >= 11 is 0. The Bertz CT molecular complexity index is 581. The fourth-order valence-corrected chi connectivity index (χ4v) is 3.44. The molecule has 1 aromatic carbocycles. The van der Waals surface area contributed by atoms with Crippen molar-refractivity contribution in [2.45, 2.75) is 32.2 Å². The van der Waals surface area contributed by atoms with Crippen LogP contribution in [-0.2, 0) is 4.79 Å². The summed E-state index contributed by atoms with van der Waals surface area (Å²) in [6, 6.07) is 7.52. The van der Waals surface area contributed by atoms with Crippen LogP contribution in [0.2, 0.25) is 0 Å². The molecule has 2 aliphatic heterocycles. The van der Waals surface area contributed by atoms with Crippen molar-refractivity contribution in [3.63, 3.8) is 0 Å². The number of nitrogens with zero attached hydrogens (tertiary/aromatic N) is 1. The van der Waals surface area contributed by atoms with Gasteiger partial charge in [-0.15, -0.1) is 0 Å². The average molecular weight is 315 g/mol. The second-order valence-electron chi connectivity index (χ2n) is 6.67. The molecule has 0 aliphatic carbocycles. The van der Waals surface area contributed by atoms with Gasteiger partial charge in [-0.1, -0.05) is 17.7 Å². The summed E-state index contributed by atoms with van der Waals surface area (Å²) in [4.78, 5) is 26.5. The van der Waals surface area contributed by atoms with Crippen LogP contribution >= 0.6 is 0 Å². The smallest absolute Gasteiger partial charge is 0.251 e. The molecule has 1 aromatic rings. The van der Waals surface area contributed by atoms with E-state index in [2.05, 4.69) is 10.6 Å². The van der Waals surface area contributed by atoms with Gasteiger partial charge in [0.2, 0.25) is 5.91 Å². The van der Waals surface area contributed by atoms with Crippen LogP contribution in [-0.4, -0.2) is 48.9 Å². The number of amides is 2. The van der Waals surface area contributed by atoms with E-state index in [1.54, 1.807) is 0 Å². The lowest BCUT2D eigenvalue weighted by molar-refractivity contribution is -0.132. The summed E-state index contributed by atoms with van der Waals surface area (Å²) in [5.74, 6) is 0.512. The summed E-state index contributed by atoms with van der Waals surface area (Å²) < 4.78 is 0. The molecular weight excluding hydrogens is 290 g/mol. The first kappa shape index (κ1) is 16.0. The van der Waals surface area contributed by atoms with Crippen molar-refractivity contribution < 1.29 is 9.59 Å². The second kappa shape index (κ2) is 7.13. The minimum absolute atomic E-state index is 0.0389. The van der Waals surface area contributed by atoms with E-state index in [1.807, 2.05) is 36.1 Å². The van der Waals surface area contributed by atoms with Crippen molar-refractivity contribution in [1.82, 2.24) is 15.5 Å². The van der Waals surface area contributed by atoms with Crippen molar-refractivity contribution >= 4 is 11.8 Å². The van der Waals surface area contributed by atoms with Gasteiger partial charge in [0, 0.05) is 31.7 Å². The minimum Gasteiger partial charge on any atom is -0.352 e. The third kappa shape index (κ3) is 3.91. The third-order valence-electron chi connectivity index (χ3n) is 4.77. The number of carbonyl (C=O) groups is 2. The fourth-order valence-electron chi connectivity index (χ4n) is 3.44. The molecule has 0 bridgehead atoms. The van der Waals surface area contributed by atoms with Crippen molar-refractivity contribution in [2.24, 2.45) is 5.92 Å². The Morgan fingerprint density at radius 2 is 2.09 bits per heavy atom. The van der Waals surface area contributed by atoms with Crippen molar-refractivity contribution in [1.29, 1.82) is 0 Å². The van der Waals surface area contributed by atoms with E-state index in [9.17, 15) is 9.59 Å². The number of carbonyl (C=O) groups excluding carboxylic acids is 2. The molecule has 0 aromatic heterocycles. The number of benzene rings is 1. The van der Waals surface area contributed by atoms with E-state index >= 15 is 0 Å². The van der Waals surface area contributed by atoms with E-state index in [1.165, 1.54) is 0 Å². The zero-order valence-corrected chi connectivity index (χ0v) is 13.7. The molecule has 2 atom stereocenters. The van der Waals surface area contributed by atoms with Crippen LogP contribution in [0.3, 0.4) is 0 Å². The molecule has 0 saturated carbocycles. The number of likely N-dealkylation sites (tertiary alicyclic amines) is 1. The first-order valence-electron chi connectivity index (χ1n) is 8.50. The van der Waals surface area contributed by atoms with Crippen LogP contribution in [0.1, 0.15) is 35.2 Å². The van der Waals surface area contributed by atoms with E-state index in [4.69, 9.17) is 0 Å². The van der Waals surface area contributed by atoms with E-state index < -0.39 is 0 Å². The Balaban J connectivity index is 1.46. The van der Waals surface area contributed by atoms with Gasteiger partial charge in [-0.2, -0.15) is 0 Å². The third-order valence-corrected chi connectivity index (χ3v) is 4.77. The molecule has 2 N–H and O–H groups in total. The van der Waals surface area contributed by atoms with Gasteiger partial charge in [-0.3, -0.25) is 9.59 Å². The lowest BCUT2D eigenvalue weighted by atomic mass is 10.0. The normalized spacial score (nSPS) is 24.0. The lowest BCUT2D eigenvalue weighted by Crippen LogP contribution is -2.42. The molecule has 0 spiro atoms. The Kier molecular flexibility index (Phi) is 4.96. The predicted octanol–water partition coefficient (Wildman–Crippen LogP) is 1.33. The van der Waals surface area contributed by atoms with Gasteiger partial charge in [-0.25, -0.2) is 0 Å². The van der Waals surface area contributed by atoms with Crippen LogP contribution in [0.15, 0.2) is 24.3 Å². The SMILES string of the molecule is Cc1cccc(C(=O)NCC2CNC(C(=O)N3CCCC3)C2)c1. The fraction of sp³-hybridized carbons (Fsp3) is 0.556. The molecule has 2 heterocycles. The first-order valence-corrected chi connectivity index (χ1v) is 8.50. The Morgan fingerprint density at radius 3 is 2.83 bits per heavy atom. The Labute approximate surface area is 137 Å². The van der Waals surface area contributed by atoms with Gasteiger partial charge in [-0.05, 0) is 44.2 Å². The summed E-state index contributed by atoms with van der Waals surface area (Å²) in [5, 5.41) is 6.31. The van der Waals surface area contributed by atoms with Crippen LogP contribution in [0.4, 0.5) is 0 Å². The zero-order chi connectivity index (χ0) is 16.2. The number of aryl methyl sites for hydroxylation is 1. The molecule has 2 saturated heterocycles. The molecule has 2 fully saturated rings. The highest BCUT2D eigenvalue weighted by atomic mass is 16.2. The minimum atomic E-state index is -0.0750. The second-order valence-corrected chi connectivity index (χ2v) is 6.67. The molecule has 23 heavy (non-hydrogen) atoms. The maximum atomic E-state index is 12.4. The van der Waals surface area contributed by atoms with Crippen molar-refractivity contribution in [3.05, 3.63) is 35.4 Å². The number of rotatable bonds is 4.